The molecule has 0 unspecified atom stereocenters. The normalized spacial score (nSPS) is 17.0. The molecule has 0 fully saturated rings. The maximum Gasteiger partial charge on any atom is 0.145 e. The number of fused-ring (bicyclic) bond motifs is 2. The highest BCUT2D eigenvalue weighted by Gasteiger charge is 2.38. The highest BCUT2D eigenvalue weighted by Crippen LogP contribution is 2.47. The first-order valence-corrected chi connectivity index (χ1v) is 11.4. The van der Waals surface area contributed by atoms with Gasteiger partial charge in [-0.3, -0.25) is 4.57 Å². The summed E-state index contributed by atoms with van der Waals surface area (Å²) in [7, 11) is 0. The summed E-state index contributed by atoms with van der Waals surface area (Å²) in [5.41, 5.74) is 10.5. The van der Waals surface area contributed by atoms with Gasteiger partial charge in [0, 0.05) is 5.56 Å². The number of para-hydroxylation sites is 1. The van der Waals surface area contributed by atoms with E-state index in [1.807, 2.05) is 0 Å². The molecule has 2 nitrogen and oxygen atoms in total. The number of hydrogen-bond acceptors (Lipinski definition) is 1. The van der Waals surface area contributed by atoms with Crippen LogP contribution in [-0.2, 0) is 10.8 Å². The third-order valence-electron chi connectivity index (χ3n) is 7.32. The van der Waals surface area contributed by atoms with Crippen LogP contribution in [0.25, 0.3) is 28.1 Å². The topological polar surface area (TPSA) is 17.8 Å². The summed E-state index contributed by atoms with van der Waals surface area (Å²) >= 11 is 0. The van der Waals surface area contributed by atoms with Crippen LogP contribution in [0, 0.1) is 13.8 Å². The molecule has 0 saturated carbocycles. The van der Waals surface area contributed by atoms with Crippen molar-refractivity contribution in [1.29, 1.82) is 0 Å². The molecule has 0 N–H and O–H groups in total. The SMILES string of the molecule is Cc1cccc(C)c1-n1c(-c2ccccc2)nc2cc3c(cc21)C(C)(C)CCC3(C)C. The molecule has 0 atom stereocenters. The van der Waals surface area contributed by atoms with Crippen LogP contribution in [0.2, 0.25) is 0 Å². The first kappa shape index (κ1) is 20.1. The summed E-state index contributed by atoms with van der Waals surface area (Å²) in [6.07, 6.45) is 2.42. The van der Waals surface area contributed by atoms with Gasteiger partial charge < -0.3 is 0 Å². The molecule has 0 bridgehead atoms. The van der Waals surface area contributed by atoms with Gasteiger partial charge in [0.2, 0.25) is 0 Å². The van der Waals surface area contributed by atoms with Crippen LogP contribution in [-0.4, -0.2) is 9.55 Å². The summed E-state index contributed by atoms with van der Waals surface area (Å²) in [5.74, 6) is 1.02. The van der Waals surface area contributed by atoms with E-state index in [0.717, 1.165) is 16.9 Å². The summed E-state index contributed by atoms with van der Waals surface area (Å²) in [4.78, 5) is 5.23. The number of aryl methyl sites for hydroxylation is 2. The van der Waals surface area contributed by atoms with E-state index in [1.54, 1.807) is 0 Å². The molecule has 0 amide bonds. The van der Waals surface area contributed by atoms with Crippen LogP contribution in [0.5, 0.6) is 0 Å². The molecule has 158 valence electrons. The van der Waals surface area contributed by atoms with E-state index in [-0.39, 0.29) is 10.8 Å². The summed E-state index contributed by atoms with van der Waals surface area (Å²) in [5, 5.41) is 0. The van der Waals surface area contributed by atoms with Crippen LogP contribution in [0.15, 0.2) is 60.7 Å². The average molecular weight is 409 g/mol. The van der Waals surface area contributed by atoms with Gasteiger partial charge in [0.05, 0.1) is 16.7 Å². The maximum absolute atomic E-state index is 5.23. The fourth-order valence-electron chi connectivity index (χ4n) is 5.30. The van der Waals surface area contributed by atoms with Gasteiger partial charge in [-0.15, -0.1) is 0 Å². The van der Waals surface area contributed by atoms with E-state index in [9.17, 15) is 0 Å². The molecular weight excluding hydrogens is 376 g/mol. The molecule has 1 aliphatic rings. The molecule has 0 aliphatic heterocycles. The van der Waals surface area contributed by atoms with E-state index >= 15 is 0 Å². The minimum Gasteiger partial charge on any atom is -0.292 e. The van der Waals surface area contributed by atoms with E-state index in [1.165, 1.54) is 46.3 Å². The number of rotatable bonds is 2. The Bertz CT molecular complexity index is 1270. The number of nitrogens with zero attached hydrogens (tertiary/aromatic N) is 2. The van der Waals surface area contributed by atoms with E-state index in [2.05, 4.69) is 107 Å². The Kier molecular flexibility index (Phi) is 4.41. The number of hydrogen-bond donors (Lipinski definition) is 0. The smallest absolute Gasteiger partial charge is 0.145 e. The number of aromatic nitrogens is 2. The lowest BCUT2D eigenvalue weighted by atomic mass is 9.63. The minimum atomic E-state index is 0.168. The fraction of sp³-hybridized carbons (Fsp3) is 0.345. The van der Waals surface area contributed by atoms with Gasteiger partial charge in [0.1, 0.15) is 5.82 Å². The zero-order valence-corrected chi connectivity index (χ0v) is 19.6. The summed E-state index contributed by atoms with van der Waals surface area (Å²) < 4.78 is 2.40. The lowest BCUT2D eigenvalue weighted by Crippen LogP contribution is -2.33. The molecular formula is C29H32N2. The Morgan fingerprint density at radius 3 is 1.94 bits per heavy atom. The molecule has 0 radical (unpaired) electrons. The van der Waals surface area contributed by atoms with Gasteiger partial charge in [-0.05, 0) is 71.9 Å². The van der Waals surface area contributed by atoms with Crippen LogP contribution in [0.4, 0.5) is 0 Å². The molecule has 31 heavy (non-hydrogen) atoms. The molecule has 1 heterocycles. The van der Waals surface area contributed by atoms with Gasteiger partial charge in [-0.1, -0.05) is 76.2 Å². The second-order valence-corrected chi connectivity index (χ2v) is 10.5. The van der Waals surface area contributed by atoms with Crippen molar-refractivity contribution in [3.05, 3.63) is 82.9 Å². The van der Waals surface area contributed by atoms with Gasteiger partial charge >= 0.3 is 0 Å². The molecule has 3 aromatic carbocycles. The van der Waals surface area contributed by atoms with E-state index in [4.69, 9.17) is 4.98 Å². The van der Waals surface area contributed by atoms with Crippen LogP contribution in [0.1, 0.15) is 62.8 Å². The van der Waals surface area contributed by atoms with Gasteiger partial charge in [-0.25, -0.2) is 4.98 Å². The van der Waals surface area contributed by atoms with Crippen molar-refractivity contribution >= 4 is 11.0 Å². The molecule has 0 spiro atoms. The van der Waals surface area contributed by atoms with Crippen molar-refractivity contribution < 1.29 is 0 Å². The molecule has 2 heteroatoms. The molecule has 0 saturated heterocycles. The molecule has 1 aromatic heterocycles. The Labute approximate surface area is 186 Å². The van der Waals surface area contributed by atoms with Crippen molar-refractivity contribution in [2.24, 2.45) is 0 Å². The predicted octanol–water partition coefficient (Wildman–Crippen LogP) is 7.66. The second kappa shape index (κ2) is 6.82. The van der Waals surface area contributed by atoms with Gasteiger partial charge in [-0.2, -0.15) is 0 Å². The van der Waals surface area contributed by atoms with Gasteiger partial charge in [0.15, 0.2) is 0 Å². The van der Waals surface area contributed by atoms with Gasteiger partial charge in [0.25, 0.3) is 0 Å². The maximum atomic E-state index is 5.23. The largest absolute Gasteiger partial charge is 0.292 e. The summed E-state index contributed by atoms with van der Waals surface area (Å²) in [6, 6.07) is 22.0. The third kappa shape index (κ3) is 3.12. The van der Waals surface area contributed by atoms with E-state index in [0.29, 0.717) is 0 Å². The third-order valence-corrected chi connectivity index (χ3v) is 7.32. The monoisotopic (exact) mass is 408 g/mol. The second-order valence-electron chi connectivity index (χ2n) is 10.5. The lowest BCUT2D eigenvalue weighted by Gasteiger charge is -2.41. The van der Waals surface area contributed by atoms with Crippen molar-refractivity contribution in [2.45, 2.75) is 65.2 Å². The number of benzene rings is 3. The Balaban J connectivity index is 1.92. The average Bonchev–Trinajstić information content (AvgIpc) is 3.10. The summed E-state index contributed by atoms with van der Waals surface area (Å²) in [6.45, 7) is 14.0. The highest BCUT2D eigenvalue weighted by molar-refractivity contribution is 5.86. The first-order chi connectivity index (χ1) is 14.7. The van der Waals surface area contributed by atoms with Crippen LogP contribution < -0.4 is 0 Å². The Hall–Kier alpha value is -2.87. The molecule has 4 aromatic rings. The first-order valence-electron chi connectivity index (χ1n) is 11.4. The fourth-order valence-corrected chi connectivity index (χ4v) is 5.30. The number of imidazole rings is 1. The predicted molar refractivity (Wildman–Crippen MR) is 131 cm³/mol. The minimum absolute atomic E-state index is 0.168. The lowest BCUT2D eigenvalue weighted by molar-refractivity contribution is 0.332. The van der Waals surface area contributed by atoms with Crippen LogP contribution in [0.3, 0.4) is 0 Å². The molecule has 5 rings (SSSR count). The van der Waals surface area contributed by atoms with Crippen molar-refractivity contribution in [3.63, 3.8) is 0 Å². The van der Waals surface area contributed by atoms with Crippen molar-refractivity contribution in [2.75, 3.05) is 0 Å². The Morgan fingerprint density at radius 2 is 1.32 bits per heavy atom. The standard InChI is InChI=1S/C29H32N2/c1-19-11-10-12-20(2)26(19)31-25-18-23-22(28(3,4)15-16-29(23,5)6)17-24(25)30-27(31)21-13-8-7-9-14-21/h7-14,17-18H,15-16H2,1-6H3. The Morgan fingerprint density at radius 1 is 0.742 bits per heavy atom. The van der Waals surface area contributed by atoms with E-state index < -0.39 is 0 Å². The molecule has 1 aliphatic carbocycles. The quantitative estimate of drug-likeness (QED) is 0.333. The van der Waals surface area contributed by atoms with Crippen molar-refractivity contribution in [1.82, 2.24) is 9.55 Å². The van der Waals surface area contributed by atoms with Crippen LogP contribution >= 0.6 is 0 Å². The highest BCUT2D eigenvalue weighted by atomic mass is 15.1. The van der Waals surface area contributed by atoms with Crippen molar-refractivity contribution in [3.8, 4) is 17.1 Å². The zero-order chi connectivity index (χ0) is 22.0. The zero-order valence-electron chi connectivity index (χ0n) is 19.6.